The van der Waals surface area contributed by atoms with Crippen molar-refractivity contribution in [2.45, 2.75) is 85.3 Å². The monoisotopic (exact) mass is 519 g/mol. The molecule has 2 aromatic heterocycles. The number of hydrogen-bond donors (Lipinski definition) is 0. The summed E-state index contributed by atoms with van der Waals surface area (Å²) in [5.74, 6) is 2.21. The third kappa shape index (κ3) is 4.19. The van der Waals surface area contributed by atoms with E-state index in [1.807, 2.05) is 25.3 Å². The molecule has 0 bridgehead atoms. The Labute approximate surface area is 223 Å². The number of anilines is 1. The van der Waals surface area contributed by atoms with Gasteiger partial charge >= 0.3 is 5.69 Å². The number of rotatable bonds is 5. The van der Waals surface area contributed by atoms with E-state index in [4.69, 9.17) is 14.5 Å². The summed E-state index contributed by atoms with van der Waals surface area (Å²) >= 11 is 0. The van der Waals surface area contributed by atoms with Gasteiger partial charge in [0.25, 0.3) is 0 Å². The summed E-state index contributed by atoms with van der Waals surface area (Å²) in [4.78, 5) is 26.9. The molecule has 2 aliphatic heterocycles. The summed E-state index contributed by atoms with van der Waals surface area (Å²) in [5.41, 5.74) is 3.32. The predicted molar refractivity (Wildman–Crippen MR) is 146 cm³/mol. The Kier molecular flexibility index (Phi) is 6.38. The van der Waals surface area contributed by atoms with Crippen LogP contribution in [0.5, 0.6) is 11.5 Å². The zero-order valence-electron chi connectivity index (χ0n) is 23.6. The summed E-state index contributed by atoms with van der Waals surface area (Å²) in [5, 5.41) is 9.33. The number of ether oxygens (including phenoxy) is 2. The van der Waals surface area contributed by atoms with Crippen LogP contribution in [0.25, 0.3) is 11.2 Å². The van der Waals surface area contributed by atoms with Crippen LogP contribution in [0, 0.1) is 18.3 Å². The van der Waals surface area contributed by atoms with Crippen molar-refractivity contribution in [3.8, 4) is 17.6 Å². The van der Waals surface area contributed by atoms with E-state index in [-0.39, 0.29) is 30.2 Å². The van der Waals surface area contributed by atoms with Gasteiger partial charge in [-0.1, -0.05) is 6.07 Å². The standard InChI is InChI=1S/C28H37N7O3/c1-9-33-22(10-11-29)30-23-25(31-27(36)32(8)26(23)33)35-15-17(3)34(14-18(35)4)19(5)20-12-16(2)24-21(13-20)37-28(6,7)38-24/h12-13,17-19H,9-10,14-15H2,1-8H3/t17-,18+,19?/m1/s1. The first-order valence-corrected chi connectivity index (χ1v) is 13.3. The van der Waals surface area contributed by atoms with E-state index >= 15 is 0 Å². The number of benzene rings is 1. The molecule has 0 saturated carbocycles. The zero-order chi connectivity index (χ0) is 27.5. The first-order chi connectivity index (χ1) is 18.0. The van der Waals surface area contributed by atoms with Gasteiger partial charge in [0.15, 0.2) is 17.3 Å². The van der Waals surface area contributed by atoms with Gasteiger partial charge in [-0.25, -0.2) is 9.78 Å². The first-order valence-electron chi connectivity index (χ1n) is 13.3. The van der Waals surface area contributed by atoms with E-state index in [1.165, 1.54) is 10.1 Å². The summed E-state index contributed by atoms with van der Waals surface area (Å²) in [6.45, 7) is 16.6. The van der Waals surface area contributed by atoms with Crippen molar-refractivity contribution in [1.29, 1.82) is 5.26 Å². The van der Waals surface area contributed by atoms with Crippen molar-refractivity contribution < 1.29 is 9.47 Å². The van der Waals surface area contributed by atoms with Crippen LogP contribution >= 0.6 is 0 Å². The minimum absolute atomic E-state index is 0.0942. The highest BCUT2D eigenvalue weighted by atomic mass is 16.7. The Morgan fingerprint density at radius 3 is 2.61 bits per heavy atom. The molecule has 5 rings (SSSR count). The largest absolute Gasteiger partial charge is 0.449 e. The van der Waals surface area contributed by atoms with E-state index in [2.05, 4.69) is 60.7 Å². The SMILES string of the molecule is CCn1c(CC#N)nc2c(N3C[C@@H](C)N(C(C)c4cc(C)c5c(c4)OC(C)(C)O5)C[C@@H]3C)nc(=O)n(C)c21. The highest BCUT2D eigenvalue weighted by Gasteiger charge is 2.37. The molecular formula is C28H37N7O3. The molecular weight excluding hydrogens is 482 g/mol. The van der Waals surface area contributed by atoms with E-state index < -0.39 is 5.79 Å². The van der Waals surface area contributed by atoms with Crippen LogP contribution in [0.15, 0.2) is 16.9 Å². The van der Waals surface area contributed by atoms with Gasteiger partial charge < -0.3 is 18.9 Å². The summed E-state index contributed by atoms with van der Waals surface area (Å²) in [6.07, 6.45) is 0.180. The molecule has 1 aromatic carbocycles. The molecule has 38 heavy (non-hydrogen) atoms. The molecule has 4 heterocycles. The number of aromatic nitrogens is 4. The number of hydrogen-bond acceptors (Lipinski definition) is 8. The fourth-order valence-electron chi connectivity index (χ4n) is 5.95. The first kappa shape index (κ1) is 26.0. The van der Waals surface area contributed by atoms with Crippen LogP contribution in [0.4, 0.5) is 5.82 Å². The predicted octanol–water partition coefficient (Wildman–Crippen LogP) is 3.69. The Balaban J connectivity index is 1.47. The molecule has 0 amide bonds. The number of aryl methyl sites for hydroxylation is 3. The Morgan fingerprint density at radius 1 is 1.18 bits per heavy atom. The number of imidazole rings is 1. The third-order valence-corrected chi connectivity index (χ3v) is 7.84. The topological polar surface area (TPSA) is 101 Å². The van der Waals surface area contributed by atoms with Gasteiger partial charge in [-0.15, -0.1) is 0 Å². The van der Waals surface area contributed by atoms with Crippen LogP contribution in [-0.2, 0) is 20.0 Å². The maximum absolute atomic E-state index is 12.9. The fraction of sp³-hybridized carbons (Fsp3) is 0.571. The van der Waals surface area contributed by atoms with Crippen molar-refractivity contribution in [1.82, 2.24) is 24.0 Å². The van der Waals surface area contributed by atoms with Gasteiger partial charge in [-0.3, -0.25) is 9.47 Å². The van der Waals surface area contributed by atoms with Gasteiger partial charge in [0.2, 0.25) is 5.79 Å². The van der Waals surface area contributed by atoms with E-state index in [9.17, 15) is 10.1 Å². The molecule has 10 nitrogen and oxygen atoms in total. The molecule has 2 aliphatic rings. The lowest BCUT2D eigenvalue weighted by Gasteiger charge is -2.47. The molecule has 202 valence electrons. The summed E-state index contributed by atoms with van der Waals surface area (Å²) < 4.78 is 15.5. The maximum Gasteiger partial charge on any atom is 0.350 e. The number of nitrogens with zero attached hydrogens (tertiary/aromatic N) is 7. The van der Waals surface area contributed by atoms with Crippen molar-refractivity contribution in [2.75, 3.05) is 18.0 Å². The smallest absolute Gasteiger partial charge is 0.350 e. The average molecular weight is 520 g/mol. The molecule has 0 N–H and O–H groups in total. The van der Waals surface area contributed by atoms with Crippen LogP contribution in [0.1, 0.15) is 64.5 Å². The van der Waals surface area contributed by atoms with Crippen LogP contribution in [0.2, 0.25) is 0 Å². The van der Waals surface area contributed by atoms with Crippen LogP contribution < -0.4 is 20.1 Å². The zero-order valence-corrected chi connectivity index (χ0v) is 23.6. The number of piperazine rings is 1. The molecule has 1 unspecified atom stereocenters. The molecule has 1 saturated heterocycles. The summed E-state index contributed by atoms with van der Waals surface area (Å²) in [7, 11) is 1.71. The normalized spacial score (nSPS) is 21.6. The number of nitriles is 1. The van der Waals surface area contributed by atoms with Crippen LogP contribution in [-0.4, -0.2) is 55.0 Å². The van der Waals surface area contributed by atoms with E-state index in [0.717, 1.165) is 23.6 Å². The lowest BCUT2D eigenvalue weighted by Crippen LogP contribution is -2.57. The van der Waals surface area contributed by atoms with Crippen molar-refractivity contribution in [2.24, 2.45) is 7.05 Å². The third-order valence-electron chi connectivity index (χ3n) is 7.84. The molecule has 10 heteroatoms. The van der Waals surface area contributed by atoms with Crippen molar-refractivity contribution >= 4 is 17.0 Å². The maximum atomic E-state index is 12.9. The molecule has 1 fully saturated rings. The van der Waals surface area contributed by atoms with Gasteiger partial charge in [-0.05, 0) is 51.8 Å². The quantitative estimate of drug-likeness (QED) is 0.503. The van der Waals surface area contributed by atoms with Crippen molar-refractivity contribution in [3.63, 3.8) is 0 Å². The lowest BCUT2D eigenvalue weighted by molar-refractivity contribution is -0.0434. The molecule has 0 spiro atoms. The number of fused-ring (bicyclic) bond motifs is 2. The lowest BCUT2D eigenvalue weighted by atomic mass is 9.98. The molecule has 0 aliphatic carbocycles. The minimum atomic E-state index is -0.661. The second kappa shape index (κ2) is 9.31. The van der Waals surface area contributed by atoms with Gasteiger partial charge in [0, 0.05) is 58.7 Å². The second-order valence-electron chi connectivity index (χ2n) is 11.0. The highest BCUT2D eigenvalue weighted by Crippen LogP contribution is 2.44. The molecule has 0 radical (unpaired) electrons. The highest BCUT2D eigenvalue weighted by molar-refractivity contribution is 5.84. The minimum Gasteiger partial charge on any atom is -0.449 e. The van der Waals surface area contributed by atoms with Gasteiger partial charge in [-0.2, -0.15) is 10.2 Å². The van der Waals surface area contributed by atoms with Gasteiger partial charge in [0.1, 0.15) is 17.0 Å². The average Bonchev–Trinajstić information content (AvgIpc) is 3.38. The summed E-state index contributed by atoms with van der Waals surface area (Å²) in [6, 6.07) is 6.94. The van der Waals surface area contributed by atoms with E-state index in [0.29, 0.717) is 35.9 Å². The van der Waals surface area contributed by atoms with Gasteiger partial charge in [0.05, 0.1) is 12.5 Å². The van der Waals surface area contributed by atoms with Crippen LogP contribution in [0.3, 0.4) is 0 Å². The Bertz CT molecular complexity index is 1500. The Hall–Kier alpha value is -3.58. The molecule has 3 aromatic rings. The Morgan fingerprint density at radius 2 is 1.92 bits per heavy atom. The van der Waals surface area contributed by atoms with E-state index in [1.54, 1.807) is 7.05 Å². The molecule has 3 atom stereocenters. The van der Waals surface area contributed by atoms with Crippen molar-refractivity contribution in [3.05, 3.63) is 39.6 Å². The fourth-order valence-corrected chi connectivity index (χ4v) is 5.95. The second-order valence-corrected chi connectivity index (χ2v) is 11.0.